The third-order valence-corrected chi connectivity index (χ3v) is 2.94. The van der Waals surface area contributed by atoms with Crippen LogP contribution in [-0.4, -0.2) is 29.9 Å². The van der Waals surface area contributed by atoms with E-state index in [9.17, 15) is 10.2 Å². The molecule has 2 unspecified atom stereocenters. The summed E-state index contributed by atoms with van der Waals surface area (Å²) in [5.41, 5.74) is 1.12. The van der Waals surface area contributed by atoms with Crippen molar-refractivity contribution in [3.63, 3.8) is 0 Å². The molecule has 0 saturated heterocycles. The molecule has 1 rings (SSSR count). The molecule has 4 heteroatoms. The van der Waals surface area contributed by atoms with Crippen LogP contribution in [0.2, 0.25) is 0 Å². The number of aliphatic hydroxyl groups excluding tert-OH is 2. The molecule has 0 fully saturated rings. The van der Waals surface area contributed by atoms with Crippen LogP contribution in [0.15, 0.2) is 11.4 Å². The van der Waals surface area contributed by atoms with E-state index in [0.717, 1.165) is 10.4 Å². The normalized spacial score (nSPS) is 15.7. The molecule has 1 aromatic heterocycles. The Morgan fingerprint density at radius 2 is 2.23 bits per heavy atom. The summed E-state index contributed by atoms with van der Waals surface area (Å²) in [4.78, 5) is 0.820. The van der Waals surface area contributed by atoms with Crippen LogP contribution in [0, 0.1) is 6.92 Å². The molecule has 3 nitrogen and oxygen atoms in total. The van der Waals surface area contributed by atoms with E-state index in [0.29, 0.717) is 6.54 Å². The highest BCUT2D eigenvalue weighted by Crippen LogP contribution is 2.23. The van der Waals surface area contributed by atoms with E-state index >= 15 is 0 Å². The quantitative estimate of drug-likeness (QED) is 0.671. The molecule has 0 spiro atoms. The van der Waals surface area contributed by atoms with Crippen molar-refractivity contribution < 1.29 is 10.2 Å². The molecule has 13 heavy (non-hydrogen) atoms. The van der Waals surface area contributed by atoms with Crippen molar-refractivity contribution >= 4 is 11.3 Å². The van der Waals surface area contributed by atoms with Gasteiger partial charge in [-0.3, -0.25) is 0 Å². The number of likely N-dealkylation sites (N-methyl/N-ethyl adjacent to an activating group) is 1. The van der Waals surface area contributed by atoms with Gasteiger partial charge in [-0.15, -0.1) is 11.3 Å². The van der Waals surface area contributed by atoms with Crippen LogP contribution >= 0.6 is 11.3 Å². The molecule has 3 N–H and O–H groups in total. The minimum Gasteiger partial charge on any atom is -0.389 e. The molecule has 0 aliphatic carbocycles. The first kappa shape index (κ1) is 10.7. The molecule has 74 valence electrons. The minimum atomic E-state index is -0.772. The smallest absolute Gasteiger partial charge is 0.115 e. The Hall–Kier alpha value is -0.420. The molecular weight excluding hydrogens is 186 g/mol. The van der Waals surface area contributed by atoms with E-state index in [4.69, 9.17) is 0 Å². The zero-order valence-electron chi connectivity index (χ0n) is 7.82. The van der Waals surface area contributed by atoms with Gasteiger partial charge in [-0.05, 0) is 31.0 Å². The predicted octanol–water partition coefficient (Wildman–Crippen LogP) is 0.670. The number of aryl methyl sites for hydroxylation is 1. The Balaban J connectivity index is 2.61. The minimum absolute atomic E-state index is 0.401. The molecule has 0 bridgehead atoms. The summed E-state index contributed by atoms with van der Waals surface area (Å²) in [6.45, 7) is 2.37. The van der Waals surface area contributed by atoms with Gasteiger partial charge in [0.15, 0.2) is 0 Å². The van der Waals surface area contributed by atoms with Crippen LogP contribution in [0.5, 0.6) is 0 Å². The van der Waals surface area contributed by atoms with Crippen molar-refractivity contribution in [3.05, 3.63) is 21.9 Å². The van der Waals surface area contributed by atoms with E-state index < -0.39 is 12.2 Å². The van der Waals surface area contributed by atoms with Crippen LogP contribution in [0.25, 0.3) is 0 Å². The van der Waals surface area contributed by atoms with Crippen LogP contribution in [0.4, 0.5) is 0 Å². The third-order valence-electron chi connectivity index (χ3n) is 1.82. The van der Waals surface area contributed by atoms with Crippen LogP contribution < -0.4 is 5.32 Å². The highest BCUT2D eigenvalue weighted by atomic mass is 32.1. The van der Waals surface area contributed by atoms with Crippen molar-refractivity contribution in [2.45, 2.75) is 19.1 Å². The molecule has 1 aromatic rings. The number of thiophene rings is 1. The highest BCUT2D eigenvalue weighted by Gasteiger charge is 2.18. The first-order chi connectivity index (χ1) is 6.15. The summed E-state index contributed by atoms with van der Waals surface area (Å²) in [6.07, 6.45) is -1.51. The fraction of sp³-hybridized carbons (Fsp3) is 0.556. The molecule has 0 aliphatic heterocycles. The van der Waals surface area contributed by atoms with Gasteiger partial charge >= 0.3 is 0 Å². The number of hydrogen-bond acceptors (Lipinski definition) is 4. The fourth-order valence-corrected chi connectivity index (χ4v) is 2.06. The molecule has 1 heterocycles. The maximum atomic E-state index is 9.65. The summed E-state index contributed by atoms with van der Waals surface area (Å²) in [6, 6.07) is 1.90. The summed E-state index contributed by atoms with van der Waals surface area (Å²) >= 11 is 1.47. The second-order valence-corrected chi connectivity index (χ2v) is 4.04. The summed E-state index contributed by atoms with van der Waals surface area (Å²) in [5.74, 6) is 0. The van der Waals surface area contributed by atoms with Gasteiger partial charge in [-0.2, -0.15) is 0 Å². The van der Waals surface area contributed by atoms with Crippen molar-refractivity contribution in [3.8, 4) is 0 Å². The van der Waals surface area contributed by atoms with Crippen molar-refractivity contribution in [1.29, 1.82) is 0 Å². The predicted molar refractivity (Wildman–Crippen MR) is 53.9 cm³/mol. The van der Waals surface area contributed by atoms with Gasteiger partial charge in [0, 0.05) is 11.4 Å². The maximum Gasteiger partial charge on any atom is 0.115 e. The Bertz CT molecular complexity index is 262. The van der Waals surface area contributed by atoms with Crippen molar-refractivity contribution in [2.75, 3.05) is 13.6 Å². The zero-order valence-corrected chi connectivity index (χ0v) is 8.64. The lowest BCUT2D eigenvalue weighted by molar-refractivity contribution is 0.0224. The van der Waals surface area contributed by atoms with Crippen LogP contribution in [-0.2, 0) is 0 Å². The molecular formula is C9H15NO2S. The van der Waals surface area contributed by atoms with Gasteiger partial charge in [-0.1, -0.05) is 0 Å². The van der Waals surface area contributed by atoms with E-state index in [2.05, 4.69) is 5.32 Å². The van der Waals surface area contributed by atoms with Gasteiger partial charge in [0.1, 0.15) is 6.10 Å². The number of nitrogens with one attached hydrogen (secondary N) is 1. The van der Waals surface area contributed by atoms with E-state index in [-0.39, 0.29) is 0 Å². The molecule has 0 aromatic carbocycles. The van der Waals surface area contributed by atoms with Gasteiger partial charge in [0.2, 0.25) is 0 Å². The fourth-order valence-electron chi connectivity index (χ4n) is 1.12. The van der Waals surface area contributed by atoms with Crippen LogP contribution in [0.3, 0.4) is 0 Å². The molecule has 0 saturated carbocycles. The average Bonchev–Trinajstić information content (AvgIpc) is 2.51. The van der Waals surface area contributed by atoms with E-state index in [1.807, 2.05) is 18.4 Å². The lowest BCUT2D eigenvalue weighted by Crippen LogP contribution is -2.29. The second-order valence-electron chi connectivity index (χ2n) is 3.10. The Labute approximate surface area is 82.0 Å². The second kappa shape index (κ2) is 4.72. The van der Waals surface area contributed by atoms with Crippen LogP contribution in [0.1, 0.15) is 16.5 Å². The molecule has 0 amide bonds. The maximum absolute atomic E-state index is 9.65. The standard InChI is InChI=1S/C9H15NO2S/c1-6-3-8(13-5-6)9(12)7(11)4-10-2/h3,5,7,9-12H,4H2,1-2H3. The molecule has 0 aliphatic rings. The lowest BCUT2D eigenvalue weighted by Gasteiger charge is -2.15. The van der Waals surface area contributed by atoms with Gasteiger partial charge in [-0.25, -0.2) is 0 Å². The monoisotopic (exact) mass is 201 g/mol. The average molecular weight is 201 g/mol. The summed E-state index contributed by atoms with van der Waals surface area (Å²) in [5, 5.41) is 23.9. The SMILES string of the molecule is CNCC(O)C(O)c1cc(C)cs1. The number of hydrogen-bond donors (Lipinski definition) is 3. The Morgan fingerprint density at radius 3 is 2.69 bits per heavy atom. The lowest BCUT2D eigenvalue weighted by atomic mass is 10.1. The first-order valence-electron chi connectivity index (χ1n) is 4.21. The van der Waals surface area contributed by atoms with Crippen molar-refractivity contribution in [2.24, 2.45) is 0 Å². The number of aliphatic hydroxyl groups is 2. The largest absolute Gasteiger partial charge is 0.389 e. The van der Waals surface area contributed by atoms with Gasteiger partial charge < -0.3 is 15.5 Å². The van der Waals surface area contributed by atoms with E-state index in [1.54, 1.807) is 7.05 Å². The Morgan fingerprint density at radius 1 is 1.54 bits per heavy atom. The topological polar surface area (TPSA) is 52.5 Å². The van der Waals surface area contributed by atoms with Crippen molar-refractivity contribution in [1.82, 2.24) is 5.32 Å². The highest BCUT2D eigenvalue weighted by molar-refractivity contribution is 7.10. The van der Waals surface area contributed by atoms with Gasteiger partial charge in [0.25, 0.3) is 0 Å². The molecule has 2 atom stereocenters. The third kappa shape index (κ3) is 2.77. The van der Waals surface area contributed by atoms with Gasteiger partial charge in [0.05, 0.1) is 6.10 Å². The summed E-state index contributed by atoms with van der Waals surface area (Å²) in [7, 11) is 1.75. The number of rotatable bonds is 4. The zero-order chi connectivity index (χ0) is 9.84. The Kier molecular flexibility index (Phi) is 3.87. The molecule has 0 radical (unpaired) electrons. The first-order valence-corrected chi connectivity index (χ1v) is 5.09. The van der Waals surface area contributed by atoms with E-state index in [1.165, 1.54) is 11.3 Å². The summed E-state index contributed by atoms with van der Waals surface area (Å²) < 4.78 is 0.